The third kappa shape index (κ3) is 10.8. The molecule has 0 spiro atoms. The van der Waals surface area contributed by atoms with Gasteiger partial charge >= 0.3 is 12.1 Å². The molecule has 122 valence electrons. The first kappa shape index (κ1) is 19.4. The number of carbonyl (C=O) groups excluding carboxylic acids is 3. The monoisotopic (exact) mass is 301 g/mol. The number of rotatable bonds is 5. The zero-order valence-electron chi connectivity index (χ0n) is 14.0. The first-order valence-corrected chi connectivity index (χ1v) is 7.02. The van der Waals surface area contributed by atoms with Crippen LogP contribution in [0.4, 0.5) is 4.79 Å². The van der Waals surface area contributed by atoms with Crippen molar-refractivity contribution in [1.82, 2.24) is 5.32 Å². The van der Waals surface area contributed by atoms with Crippen LogP contribution in [0.2, 0.25) is 0 Å². The van der Waals surface area contributed by atoms with E-state index in [1.54, 1.807) is 41.5 Å². The normalized spacial score (nSPS) is 13.3. The van der Waals surface area contributed by atoms with Gasteiger partial charge in [-0.3, -0.25) is 0 Å². The highest BCUT2D eigenvalue weighted by molar-refractivity contribution is 5.83. The van der Waals surface area contributed by atoms with Crippen molar-refractivity contribution >= 4 is 17.8 Å². The number of ketones is 1. The van der Waals surface area contributed by atoms with Crippen LogP contribution < -0.4 is 5.32 Å². The van der Waals surface area contributed by atoms with Crippen molar-refractivity contribution < 1.29 is 23.9 Å². The lowest BCUT2D eigenvalue weighted by Crippen LogP contribution is -2.46. The summed E-state index contributed by atoms with van der Waals surface area (Å²) in [5.74, 6) is -0.635. The van der Waals surface area contributed by atoms with Gasteiger partial charge in [0, 0.05) is 6.42 Å². The lowest BCUT2D eigenvalue weighted by Gasteiger charge is -2.26. The summed E-state index contributed by atoms with van der Waals surface area (Å²) in [6.07, 6.45) is -0.342. The molecule has 0 saturated carbocycles. The Kier molecular flexibility index (Phi) is 6.86. The molecule has 1 atom stereocenters. The number of ether oxygens (including phenoxy) is 2. The fourth-order valence-corrected chi connectivity index (χ4v) is 1.42. The SMILES string of the molecule is CC(=O)CCC(NC(=O)OC(C)(C)C)C(=O)OC(C)(C)C. The topological polar surface area (TPSA) is 81.7 Å². The van der Waals surface area contributed by atoms with Gasteiger partial charge in [0.15, 0.2) is 0 Å². The fraction of sp³-hybridized carbons (Fsp3) is 0.800. The van der Waals surface area contributed by atoms with Gasteiger partial charge < -0.3 is 19.6 Å². The number of hydrogen-bond donors (Lipinski definition) is 1. The maximum atomic E-state index is 12.1. The Morgan fingerprint density at radius 3 is 1.81 bits per heavy atom. The van der Waals surface area contributed by atoms with E-state index >= 15 is 0 Å². The second kappa shape index (κ2) is 7.43. The molecule has 0 aromatic carbocycles. The molecule has 0 fully saturated rings. The van der Waals surface area contributed by atoms with Gasteiger partial charge in [-0.05, 0) is 54.9 Å². The van der Waals surface area contributed by atoms with Gasteiger partial charge in [-0.15, -0.1) is 0 Å². The van der Waals surface area contributed by atoms with Crippen molar-refractivity contribution in [3.63, 3.8) is 0 Å². The number of Topliss-reactive ketones (excluding diaryl/α,β-unsaturated/α-hetero) is 1. The third-order valence-corrected chi connectivity index (χ3v) is 2.17. The number of carbonyl (C=O) groups is 3. The third-order valence-electron chi connectivity index (χ3n) is 2.17. The minimum absolute atomic E-state index is 0.0606. The van der Waals surface area contributed by atoms with E-state index in [2.05, 4.69) is 5.32 Å². The number of hydrogen-bond acceptors (Lipinski definition) is 5. The standard InChI is InChI=1S/C15H27NO5/c1-10(17)8-9-11(12(18)20-14(2,3)4)16-13(19)21-15(5,6)7/h11H,8-9H2,1-7H3,(H,16,19). The smallest absolute Gasteiger partial charge is 0.408 e. The van der Waals surface area contributed by atoms with Crippen LogP contribution in [0.15, 0.2) is 0 Å². The number of nitrogens with one attached hydrogen (secondary N) is 1. The van der Waals surface area contributed by atoms with Crippen LogP contribution in [-0.2, 0) is 19.1 Å². The Hall–Kier alpha value is -1.59. The molecule has 6 nitrogen and oxygen atoms in total. The first-order valence-electron chi connectivity index (χ1n) is 7.02. The Bertz CT molecular complexity index is 390. The Labute approximate surface area is 126 Å². The van der Waals surface area contributed by atoms with Crippen LogP contribution in [0.25, 0.3) is 0 Å². The Balaban J connectivity index is 4.77. The Morgan fingerprint density at radius 1 is 0.952 bits per heavy atom. The molecule has 0 rings (SSSR count). The second-order valence-corrected chi connectivity index (χ2v) is 6.97. The van der Waals surface area contributed by atoms with Gasteiger partial charge in [0.25, 0.3) is 0 Å². The van der Waals surface area contributed by atoms with E-state index < -0.39 is 29.3 Å². The largest absolute Gasteiger partial charge is 0.458 e. The number of esters is 1. The average Bonchev–Trinajstić information content (AvgIpc) is 2.18. The van der Waals surface area contributed by atoms with E-state index in [-0.39, 0.29) is 18.6 Å². The summed E-state index contributed by atoms with van der Waals surface area (Å²) in [4.78, 5) is 34.9. The lowest BCUT2D eigenvalue weighted by atomic mass is 10.1. The lowest BCUT2D eigenvalue weighted by molar-refractivity contribution is -0.157. The van der Waals surface area contributed by atoms with Crippen LogP contribution in [0.5, 0.6) is 0 Å². The van der Waals surface area contributed by atoms with E-state index in [1.165, 1.54) is 6.92 Å². The van der Waals surface area contributed by atoms with Crippen LogP contribution in [-0.4, -0.2) is 35.1 Å². The molecular formula is C15H27NO5. The number of alkyl carbamates (subject to hydrolysis) is 1. The van der Waals surface area contributed by atoms with Gasteiger partial charge in [0.1, 0.15) is 23.0 Å². The highest BCUT2D eigenvalue weighted by Gasteiger charge is 2.28. The molecule has 0 saturated heterocycles. The molecule has 0 radical (unpaired) electrons. The second-order valence-electron chi connectivity index (χ2n) is 6.97. The molecular weight excluding hydrogens is 274 g/mol. The van der Waals surface area contributed by atoms with Crippen LogP contribution in [0.1, 0.15) is 61.3 Å². The van der Waals surface area contributed by atoms with E-state index in [0.29, 0.717) is 0 Å². The Morgan fingerprint density at radius 2 is 1.43 bits per heavy atom. The summed E-state index contributed by atoms with van der Waals surface area (Å²) in [5.41, 5.74) is -1.33. The molecule has 21 heavy (non-hydrogen) atoms. The average molecular weight is 301 g/mol. The van der Waals surface area contributed by atoms with Crippen molar-refractivity contribution in [2.24, 2.45) is 0 Å². The summed E-state index contributed by atoms with van der Waals surface area (Å²) in [6, 6.07) is -0.900. The quantitative estimate of drug-likeness (QED) is 0.789. The van der Waals surface area contributed by atoms with Crippen LogP contribution >= 0.6 is 0 Å². The summed E-state index contributed by atoms with van der Waals surface area (Å²) >= 11 is 0. The molecule has 0 aliphatic carbocycles. The van der Waals surface area contributed by atoms with E-state index in [1.807, 2.05) is 0 Å². The van der Waals surface area contributed by atoms with Gasteiger partial charge in [0.05, 0.1) is 0 Å². The predicted molar refractivity (Wildman–Crippen MR) is 78.9 cm³/mol. The molecule has 0 aromatic heterocycles. The van der Waals surface area contributed by atoms with Crippen molar-refractivity contribution in [2.45, 2.75) is 78.6 Å². The zero-order valence-corrected chi connectivity index (χ0v) is 14.0. The summed E-state index contributed by atoms with van der Waals surface area (Å²) < 4.78 is 10.4. The highest BCUT2D eigenvalue weighted by Crippen LogP contribution is 2.12. The number of amides is 1. The van der Waals surface area contributed by atoms with Crippen LogP contribution in [0, 0.1) is 0 Å². The van der Waals surface area contributed by atoms with Gasteiger partial charge in [0.2, 0.25) is 0 Å². The maximum Gasteiger partial charge on any atom is 0.408 e. The van der Waals surface area contributed by atoms with Crippen LogP contribution in [0.3, 0.4) is 0 Å². The molecule has 6 heteroatoms. The van der Waals surface area contributed by atoms with Gasteiger partial charge in [-0.1, -0.05) is 0 Å². The van der Waals surface area contributed by atoms with E-state index in [9.17, 15) is 14.4 Å². The first-order chi connectivity index (χ1) is 9.30. The molecule has 0 aliphatic rings. The highest BCUT2D eigenvalue weighted by atomic mass is 16.6. The summed E-state index contributed by atoms with van der Waals surface area (Å²) in [5, 5.41) is 2.46. The molecule has 1 amide bonds. The van der Waals surface area contributed by atoms with Gasteiger partial charge in [-0.2, -0.15) is 0 Å². The minimum atomic E-state index is -0.900. The molecule has 1 unspecified atom stereocenters. The fourth-order valence-electron chi connectivity index (χ4n) is 1.42. The molecule has 0 heterocycles. The van der Waals surface area contributed by atoms with Crippen molar-refractivity contribution in [3.05, 3.63) is 0 Å². The summed E-state index contributed by atoms with van der Waals surface area (Å²) in [7, 11) is 0. The van der Waals surface area contributed by atoms with E-state index in [4.69, 9.17) is 9.47 Å². The molecule has 0 aliphatic heterocycles. The van der Waals surface area contributed by atoms with Crippen molar-refractivity contribution in [3.8, 4) is 0 Å². The minimum Gasteiger partial charge on any atom is -0.458 e. The van der Waals surface area contributed by atoms with Gasteiger partial charge in [-0.25, -0.2) is 9.59 Å². The molecule has 1 N–H and O–H groups in total. The maximum absolute atomic E-state index is 12.1. The van der Waals surface area contributed by atoms with E-state index in [0.717, 1.165) is 0 Å². The predicted octanol–water partition coefficient (Wildman–Crippen LogP) is 2.59. The molecule has 0 aromatic rings. The molecule has 0 bridgehead atoms. The van der Waals surface area contributed by atoms with Crippen molar-refractivity contribution in [1.29, 1.82) is 0 Å². The summed E-state index contributed by atoms with van der Waals surface area (Å²) in [6.45, 7) is 11.8. The zero-order chi connectivity index (χ0) is 16.8. The van der Waals surface area contributed by atoms with Crippen molar-refractivity contribution in [2.75, 3.05) is 0 Å².